The molecule has 0 saturated heterocycles. The Bertz CT molecular complexity index is 1240. The average Bonchev–Trinajstić information content (AvgIpc) is 3.05. The lowest BCUT2D eigenvalue weighted by Gasteiger charge is -2.07. The number of H-pyrrole nitrogens is 1. The van der Waals surface area contributed by atoms with Crippen molar-refractivity contribution in [3.8, 4) is 0 Å². The van der Waals surface area contributed by atoms with Crippen LogP contribution in [0.15, 0.2) is 53.6 Å². The summed E-state index contributed by atoms with van der Waals surface area (Å²) in [4.78, 5) is 32.3. The van der Waals surface area contributed by atoms with E-state index in [4.69, 9.17) is 0 Å². The van der Waals surface area contributed by atoms with Gasteiger partial charge in [0.1, 0.15) is 16.9 Å². The van der Waals surface area contributed by atoms with Crippen LogP contribution in [-0.2, 0) is 17.9 Å². The SMILES string of the molecule is Cc1ccc2[nH]c3c(=O)n(CCC(=O)NCc4ccccc4F)cnc3c2c1. The van der Waals surface area contributed by atoms with E-state index >= 15 is 0 Å². The van der Waals surface area contributed by atoms with Crippen molar-refractivity contribution in [1.82, 2.24) is 19.9 Å². The molecule has 0 radical (unpaired) electrons. The van der Waals surface area contributed by atoms with Gasteiger partial charge in [-0.25, -0.2) is 9.37 Å². The quantitative estimate of drug-likeness (QED) is 0.560. The smallest absolute Gasteiger partial charge is 0.277 e. The van der Waals surface area contributed by atoms with Crippen LogP contribution < -0.4 is 10.9 Å². The van der Waals surface area contributed by atoms with E-state index in [9.17, 15) is 14.0 Å². The van der Waals surface area contributed by atoms with Crippen LogP contribution in [0.5, 0.6) is 0 Å². The number of carbonyl (C=O) groups excluding carboxylic acids is 1. The molecule has 6 nitrogen and oxygen atoms in total. The summed E-state index contributed by atoms with van der Waals surface area (Å²) in [5.74, 6) is -0.620. The molecule has 0 bridgehead atoms. The first kappa shape index (κ1) is 17.9. The van der Waals surface area contributed by atoms with Crippen LogP contribution in [-0.4, -0.2) is 20.4 Å². The van der Waals surface area contributed by atoms with E-state index in [-0.39, 0.29) is 36.8 Å². The van der Waals surface area contributed by atoms with E-state index < -0.39 is 0 Å². The monoisotopic (exact) mass is 378 g/mol. The van der Waals surface area contributed by atoms with Gasteiger partial charge in [0.05, 0.1) is 6.33 Å². The third kappa shape index (κ3) is 3.38. The molecule has 0 saturated carbocycles. The van der Waals surface area contributed by atoms with E-state index in [0.717, 1.165) is 16.5 Å². The maximum atomic E-state index is 13.6. The highest BCUT2D eigenvalue weighted by molar-refractivity contribution is 6.04. The van der Waals surface area contributed by atoms with Gasteiger partial charge >= 0.3 is 0 Å². The molecule has 2 N–H and O–H groups in total. The zero-order valence-electron chi connectivity index (χ0n) is 15.3. The van der Waals surface area contributed by atoms with Gasteiger partial charge in [-0.3, -0.25) is 14.2 Å². The number of aryl methyl sites for hydroxylation is 2. The van der Waals surface area contributed by atoms with Crippen molar-refractivity contribution >= 4 is 27.8 Å². The molecule has 4 aromatic rings. The summed E-state index contributed by atoms with van der Waals surface area (Å²) in [5.41, 5.74) is 3.19. The van der Waals surface area contributed by atoms with Gasteiger partial charge in [-0.2, -0.15) is 0 Å². The zero-order chi connectivity index (χ0) is 19.7. The zero-order valence-corrected chi connectivity index (χ0v) is 15.3. The van der Waals surface area contributed by atoms with Crippen molar-refractivity contribution in [1.29, 1.82) is 0 Å². The number of nitrogens with zero attached hydrogens (tertiary/aromatic N) is 2. The van der Waals surface area contributed by atoms with Crippen LogP contribution in [0.4, 0.5) is 4.39 Å². The highest BCUT2D eigenvalue weighted by Gasteiger charge is 2.12. The Hall–Kier alpha value is -3.48. The molecule has 0 spiro atoms. The third-order valence-electron chi connectivity index (χ3n) is 4.74. The van der Waals surface area contributed by atoms with E-state index in [1.54, 1.807) is 18.2 Å². The lowest BCUT2D eigenvalue weighted by atomic mass is 10.2. The van der Waals surface area contributed by atoms with Crippen LogP contribution in [0, 0.1) is 12.7 Å². The number of rotatable bonds is 5. The Kier molecular flexibility index (Phi) is 4.65. The number of aromatic nitrogens is 3. The van der Waals surface area contributed by atoms with Gasteiger partial charge < -0.3 is 10.3 Å². The fraction of sp³-hybridized carbons (Fsp3) is 0.190. The number of fused-ring (bicyclic) bond motifs is 3. The van der Waals surface area contributed by atoms with Crippen LogP contribution in [0.2, 0.25) is 0 Å². The summed E-state index contributed by atoms with van der Waals surface area (Å²) in [6, 6.07) is 12.2. The fourth-order valence-corrected chi connectivity index (χ4v) is 3.21. The van der Waals surface area contributed by atoms with Crippen LogP contribution in [0.3, 0.4) is 0 Å². The molecular weight excluding hydrogens is 359 g/mol. The summed E-state index contributed by atoms with van der Waals surface area (Å²) in [6.45, 7) is 2.29. The van der Waals surface area contributed by atoms with Crippen LogP contribution in [0.25, 0.3) is 21.9 Å². The maximum absolute atomic E-state index is 13.6. The van der Waals surface area contributed by atoms with Gasteiger partial charge in [0, 0.05) is 36.0 Å². The topological polar surface area (TPSA) is 79.8 Å². The average molecular weight is 378 g/mol. The summed E-state index contributed by atoms with van der Waals surface area (Å²) in [6.07, 6.45) is 1.56. The van der Waals surface area contributed by atoms with Crippen LogP contribution >= 0.6 is 0 Å². The van der Waals surface area contributed by atoms with Crippen molar-refractivity contribution in [2.24, 2.45) is 0 Å². The Labute approximate surface area is 160 Å². The molecule has 2 heterocycles. The summed E-state index contributed by atoms with van der Waals surface area (Å²) >= 11 is 0. The van der Waals surface area contributed by atoms with Gasteiger partial charge in [-0.05, 0) is 25.1 Å². The second kappa shape index (κ2) is 7.26. The maximum Gasteiger partial charge on any atom is 0.277 e. The molecule has 2 aromatic carbocycles. The molecule has 7 heteroatoms. The molecule has 28 heavy (non-hydrogen) atoms. The number of hydrogen-bond donors (Lipinski definition) is 2. The summed E-state index contributed by atoms with van der Waals surface area (Å²) in [5, 5.41) is 3.58. The van der Waals surface area contributed by atoms with Gasteiger partial charge in [-0.15, -0.1) is 0 Å². The van der Waals surface area contributed by atoms with E-state index in [0.29, 0.717) is 16.6 Å². The van der Waals surface area contributed by atoms with Gasteiger partial charge in [0.15, 0.2) is 0 Å². The molecule has 0 aliphatic heterocycles. The number of hydrogen-bond acceptors (Lipinski definition) is 3. The molecular formula is C21H19FN4O2. The molecule has 1 amide bonds. The largest absolute Gasteiger partial charge is 0.352 e. The third-order valence-corrected chi connectivity index (χ3v) is 4.74. The number of halogens is 1. The number of aromatic amines is 1. The minimum absolute atomic E-state index is 0.0981. The molecule has 0 aliphatic carbocycles. The second-order valence-electron chi connectivity index (χ2n) is 6.76. The molecule has 0 unspecified atom stereocenters. The van der Waals surface area contributed by atoms with Crippen LogP contribution in [0.1, 0.15) is 17.5 Å². The van der Waals surface area contributed by atoms with E-state index in [2.05, 4.69) is 15.3 Å². The first-order valence-corrected chi connectivity index (χ1v) is 9.00. The molecule has 2 aromatic heterocycles. The first-order chi connectivity index (χ1) is 13.5. The number of carbonyl (C=O) groups is 1. The Balaban J connectivity index is 1.48. The number of amides is 1. The Morgan fingerprint density at radius 2 is 2.07 bits per heavy atom. The highest BCUT2D eigenvalue weighted by atomic mass is 19.1. The van der Waals surface area contributed by atoms with Crippen molar-refractivity contribution in [2.45, 2.75) is 26.4 Å². The minimum Gasteiger partial charge on any atom is -0.352 e. The lowest BCUT2D eigenvalue weighted by Crippen LogP contribution is -2.27. The number of benzene rings is 2. The molecule has 0 aliphatic rings. The van der Waals surface area contributed by atoms with E-state index in [1.807, 2.05) is 25.1 Å². The highest BCUT2D eigenvalue weighted by Crippen LogP contribution is 2.22. The normalized spacial score (nSPS) is 11.2. The number of nitrogens with one attached hydrogen (secondary N) is 2. The predicted octanol–water partition coefficient (Wildman–Crippen LogP) is 3.03. The fourth-order valence-electron chi connectivity index (χ4n) is 3.21. The van der Waals surface area contributed by atoms with Crippen molar-refractivity contribution in [2.75, 3.05) is 0 Å². The summed E-state index contributed by atoms with van der Waals surface area (Å²) < 4.78 is 15.0. The minimum atomic E-state index is -0.359. The lowest BCUT2D eigenvalue weighted by molar-refractivity contribution is -0.121. The Morgan fingerprint density at radius 1 is 1.25 bits per heavy atom. The second-order valence-corrected chi connectivity index (χ2v) is 6.76. The van der Waals surface area contributed by atoms with Crippen molar-refractivity contribution in [3.63, 3.8) is 0 Å². The van der Waals surface area contributed by atoms with Gasteiger partial charge in [0.2, 0.25) is 5.91 Å². The molecule has 0 fully saturated rings. The standard InChI is InChI=1S/C21H19FN4O2/c1-13-6-7-17-15(10-13)19-20(25-17)21(28)26(12-24-19)9-8-18(27)23-11-14-4-2-3-5-16(14)22/h2-7,10,12,25H,8-9,11H2,1H3,(H,23,27). The van der Waals surface area contributed by atoms with E-state index in [1.165, 1.54) is 17.0 Å². The van der Waals surface area contributed by atoms with Gasteiger partial charge in [-0.1, -0.05) is 29.8 Å². The van der Waals surface area contributed by atoms with Crippen molar-refractivity contribution in [3.05, 3.63) is 76.1 Å². The molecule has 142 valence electrons. The molecule has 4 rings (SSSR count). The first-order valence-electron chi connectivity index (χ1n) is 9.00. The molecule has 0 atom stereocenters. The predicted molar refractivity (Wildman–Crippen MR) is 105 cm³/mol. The van der Waals surface area contributed by atoms with Crippen molar-refractivity contribution < 1.29 is 9.18 Å². The Morgan fingerprint density at radius 3 is 2.89 bits per heavy atom. The van der Waals surface area contributed by atoms with Gasteiger partial charge in [0.25, 0.3) is 5.56 Å². The summed E-state index contributed by atoms with van der Waals surface area (Å²) in [7, 11) is 0.